The maximum Gasteiger partial charge on any atom is 0.192 e. The summed E-state index contributed by atoms with van der Waals surface area (Å²) in [4.78, 5) is 0. The molecule has 8 heteroatoms. The average molecular weight is 382 g/mol. The van der Waals surface area contributed by atoms with Crippen molar-refractivity contribution in [2.75, 3.05) is 0 Å². The van der Waals surface area contributed by atoms with E-state index < -0.39 is 28.8 Å². The van der Waals surface area contributed by atoms with Crippen molar-refractivity contribution in [3.63, 3.8) is 0 Å². The highest BCUT2D eigenvalue weighted by Gasteiger charge is 2.32. The van der Waals surface area contributed by atoms with Gasteiger partial charge in [-0.15, -0.1) is 10.2 Å². The lowest BCUT2D eigenvalue weighted by Gasteiger charge is -2.26. The van der Waals surface area contributed by atoms with E-state index in [1.807, 2.05) is 0 Å². The van der Waals surface area contributed by atoms with Crippen molar-refractivity contribution in [3.05, 3.63) is 64.7 Å². The second-order valence-corrected chi connectivity index (χ2v) is 6.63. The molecule has 0 N–H and O–H groups in total. The Balaban J connectivity index is 2.00. The van der Waals surface area contributed by atoms with Crippen LogP contribution in [0, 0.1) is 17.5 Å². The third-order valence-electron chi connectivity index (χ3n) is 3.85. The molecule has 0 unspecified atom stereocenters. The van der Waals surface area contributed by atoms with E-state index in [2.05, 4.69) is 10.2 Å². The quantitative estimate of drug-likeness (QED) is 0.647. The monoisotopic (exact) mass is 381 g/mol. The van der Waals surface area contributed by atoms with Gasteiger partial charge in [0.2, 0.25) is 0 Å². The summed E-state index contributed by atoms with van der Waals surface area (Å²) in [5.41, 5.74) is -0.991. The van der Waals surface area contributed by atoms with E-state index in [0.29, 0.717) is 0 Å². The summed E-state index contributed by atoms with van der Waals surface area (Å²) in [7, 11) is 1.62. The van der Waals surface area contributed by atoms with Gasteiger partial charge in [-0.2, -0.15) is 0 Å². The molecule has 0 bridgehead atoms. The molecule has 136 valence electrons. The molecule has 0 fully saturated rings. The van der Waals surface area contributed by atoms with Crippen LogP contribution < -0.4 is 4.74 Å². The van der Waals surface area contributed by atoms with Crippen LogP contribution in [0.1, 0.15) is 19.7 Å². The first-order valence-corrected chi connectivity index (χ1v) is 8.07. The lowest BCUT2D eigenvalue weighted by atomic mass is 10.1. The van der Waals surface area contributed by atoms with Gasteiger partial charge < -0.3 is 9.30 Å². The zero-order valence-corrected chi connectivity index (χ0v) is 15.0. The number of aromatic nitrogens is 3. The number of nitrogens with zero attached hydrogens (tertiary/aromatic N) is 3. The SMILES string of the molecule is Cn1c(-c2ccccc2F)nnc1C(C)(C)Oc1c(F)cc(Cl)cc1F. The molecule has 1 aromatic heterocycles. The zero-order valence-electron chi connectivity index (χ0n) is 14.2. The fourth-order valence-corrected chi connectivity index (χ4v) is 2.85. The number of benzene rings is 2. The first-order chi connectivity index (χ1) is 12.2. The van der Waals surface area contributed by atoms with Gasteiger partial charge in [-0.05, 0) is 38.1 Å². The number of hydrogen-bond acceptors (Lipinski definition) is 3. The molecule has 0 spiro atoms. The van der Waals surface area contributed by atoms with Gasteiger partial charge in [-0.25, -0.2) is 13.2 Å². The maximum absolute atomic E-state index is 14.0. The fourth-order valence-electron chi connectivity index (χ4n) is 2.66. The Hall–Kier alpha value is -2.54. The minimum absolute atomic E-state index is 0.0781. The molecule has 0 saturated carbocycles. The van der Waals surface area contributed by atoms with Gasteiger partial charge in [0.25, 0.3) is 0 Å². The van der Waals surface area contributed by atoms with E-state index in [-0.39, 0.29) is 22.2 Å². The highest BCUT2D eigenvalue weighted by molar-refractivity contribution is 6.30. The smallest absolute Gasteiger partial charge is 0.192 e. The molecular formula is C18H15ClF3N3O. The fraction of sp³-hybridized carbons (Fsp3) is 0.222. The number of hydrogen-bond donors (Lipinski definition) is 0. The predicted molar refractivity (Wildman–Crippen MR) is 91.4 cm³/mol. The van der Waals surface area contributed by atoms with Gasteiger partial charge in [0, 0.05) is 12.1 Å². The van der Waals surface area contributed by atoms with Crippen LogP contribution in [-0.2, 0) is 12.6 Å². The minimum Gasteiger partial charge on any atom is -0.474 e. The molecule has 0 aliphatic rings. The Kier molecular flexibility index (Phi) is 4.66. The van der Waals surface area contributed by atoms with Crippen LogP contribution in [0.25, 0.3) is 11.4 Å². The Labute approximate surface area is 153 Å². The summed E-state index contributed by atoms with van der Waals surface area (Å²) in [5.74, 6) is -2.35. The van der Waals surface area contributed by atoms with Gasteiger partial charge >= 0.3 is 0 Å². The largest absolute Gasteiger partial charge is 0.474 e. The lowest BCUT2D eigenvalue weighted by molar-refractivity contribution is 0.0836. The molecule has 2 aromatic carbocycles. The summed E-state index contributed by atoms with van der Waals surface area (Å²) >= 11 is 5.62. The van der Waals surface area contributed by atoms with Crippen molar-refractivity contribution in [2.24, 2.45) is 7.05 Å². The lowest BCUT2D eigenvalue weighted by Crippen LogP contribution is -2.30. The maximum atomic E-state index is 14.0. The highest BCUT2D eigenvalue weighted by atomic mass is 35.5. The normalized spacial score (nSPS) is 11.7. The van der Waals surface area contributed by atoms with Gasteiger partial charge in [0.05, 0.1) is 5.56 Å². The second-order valence-electron chi connectivity index (χ2n) is 6.20. The van der Waals surface area contributed by atoms with Gasteiger partial charge in [-0.3, -0.25) is 0 Å². The van der Waals surface area contributed by atoms with Crippen molar-refractivity contribution < 1.29 is 17.9 Å². The molecule has 0 atom stereocenters. The summed E-state index contributed by atoms with van der Waals surface area (Å²) in [6, 6.07) is 8.02. The van der Waals surface area contributed by atoms with Crippen molar-refractivity contribution >= 4 is 11.6 Å². The van der Waals surface area contributed by atoms with E-state index in [9.17, 15) is 13.2 Å². The molecule has 1 heterocycles. The van der Waals surface area contributed by atoms with Gasteiger partial charge in [0.1, 0.15) is 5.82 Å². The first-order valence-electron chi connectivity index (χ1n) is 7.69. The first kappa shape index (κ1) is 18.3. The van der Waals surface area contributed by atoms with Gasteiger partial charge in [0.15, 0.2) is 34.6 Å². The summed E-state index contributed by atoms with van der Waals surface area (Å²) in [6.07, 6.45) is 0. The van der Waals surface area contributed by atoms with Crippen LogP contribution in [0.15, 0.2) is 36.4 Å². The minimum atomic E-state index is -1.25. The number of halogens is 4. The van der Waals surface area contributed by atoms with Crippen molar-refractivity contribution in [1.82, 2.24) is 14.8 Å². The summed E-state index contributed by atoms with van der Waals surface area (Å²) < 4.78 is 49.2. The molecule has 0 radical (unpaired) electrons. The van der Waals surface area contributed by atoms with E-state index in [1.54, 1.807) is 39.1 Å². The average Bonchev–Trinajstić information content (AvgIpc) is 2.94. The molecule has 0 amide bonds. The third-order valence-corrected chi connectivity index (χ3v) is 4.07. The highest BCUT2D eigenvalue weighted by Crippen LogP contribution is 2.33. The van der Waals surface area contributed by atoms with E-state index in [4.69, 9.17) is 16.3 Å². The van der Waals surface area contributed by atoms with Crippen LogP contribution in [0.4, 0.5) is 13.2 Å². The molecule has 26 heavy (non-hydrogen) atoms. The van der Waals surface area contributed by atoms with Crippen LogP contribution >= 0.6 is 11.6 Å². The Bertz CT molecular complexity index is 949. The molecule has 4 nitrogen and oxygen atoms in total. The molecule has 0 aliphatic carbocycles. The zero-order chi connectivity index (χ0) is 19.1. The van der Waals surface area contributed by atoms with Crippen molar-refractivity contribution in [3.8, 4) is 17.1 Å². The summed E-state index contributed by atoms with van der Waals surface area (Å²) in [6.45, 7) is 3.16. The predicted octanol–water partition coefficient (Wildman–Crippen LogP) is 4.87. The van der Waals surface area contributed by atoms with Gasteiger partial charge in [-0.1, -0.05) is 23.7 Å². The number of rotatable bonds is 4. The van der Waals surface area contributed by atoms with Crippen molar-refractivity contribution in [1.29, 1.82) is 0 Å². The Morgan fingerprint density at radius 1 is 1.00 bits per heavy atom. The standard InChI is InChI=1S/C18H15ClF3N3O/c1-18(2,26-15-13(21)8-10(19)9-14(15)22)17-24-23-16(25(17)3)11-6-4-5-7-12(11)20/h4-9H,1-3H3. The van der Waals surface area contributed by atoms with Crippen LogP contribution in [0.5, 0.6) is 5.75 Å². The third kappa shape index (κ3) is 3.26. The van der Waals surface area contributed by atoms with Crippen LogP contribution in [-0.4, -0.2) is 14.8 Å². The van der Waals surface area contributed by atoms with E-state index >= 15 is 0 Å². The Morgan fingerprint density at radius 2 is 1.62 bits per heavy atom. The van der Waals surface area contributed by atoms with E-state index in [0.717, 1.165) is 12.1 Å². The molecule has 3 aromatic rings. The van der Waals surface area contributed by atoms with Crippen LogP contribution in [0.2, 0.25) is 5.02 Å². The molecule has 0 aliphatic heterocycles. The van der Waals surface area contributed by atoms with Crippen LogP contribution in [0.3, 0.4) is 0 Å². The molecule has 0 saturated heterocycles. The topological polar surface area (TPSA) is 39.9 Å². The van der Waals surface area contributed by atoms with Crippen molar-refractivity contribution in [2.45, 2.75) is 19.4 Å². The molecule has 3 rings (SSSR count). The van der Waals surface area contributed by atoms with E-state index in [1.165, 1.54) is 10.6 Å². The second kappa shape index (κ2) is 6.64. The molecular weight excluding hydrogens is 367 g/mol. The summed E-state index contributed by atoms with van der Waals surface area (Å²) in [5, 5.41) is 7.95. The Morgan fingerprint density at radius 3 is 2.23 bits per heavy atom. The number of ether oxygens (including phenoxy) is 1.